The van der Waals surface area contributed by atoms with Crippen LogP contribution in [0.3, 0.4) is 0 Å². The molecule has 0 radical (unpaired) electrons. The maximum Gasteiger partial charge on any atom is 0.212 e. The predicted molar refractivity (Wildman–Crippen MR) is 54.4 cm³/mol. The second-order valence-corrected chi connectivity index (χ2v) is 5.55. The van der Waals surface area contributed by atoms with Gasteiger partial charge < -0.3 is 5.11 Å². The molecule has 0 atom stereocenters. The molecule has 7 heteroatoms. The van der Waals surface area contributed by atoms with Gasteiger partial charge in [-0.05, 0) is 6.42 Å². The maximum atomic E-state index is 11.2. The van der Waals surface area contributed by atoms with Crippen LogP contribution in [0.15, 0.2) is 11.6 Å². The highest BCUT2D eigenvalue weighted by atomic mass is 32.2. The lowest BCUT2D eigenvalue weighted by molar-refractivity contribution is 0.295. The Kier molecular flexibility index (Phi) is 4.46. The molecule has 0 aromatic carbocycles. The Morgan fingerprint density at radius 2 is 2.36 bits per heavy atom. The van der Waals surface area contributed by atoms with E-state index in [1.54, 1.807) is 11.6 Å². The van der Waals surface area contributed by atoms with Crippen molar-refractivity contribution in [3.05, 3.63) is 16.6 Å². The zero-order chi connectivity index (χ0) is 10.4. The first-order chi connectivity index (χ1) is 6.64. The Labute approximate surface area is 86.9 Å². The lowest BCUT2D eigenvalue weighted by Crippen LogP contribution is -2.26. The summed E-state index contributed by atoms with van der Waals surface area (Å²) in [4.78, 5) is 3.94. The quantitative estimate of drug-likeness (QED) is 0.725. The highest BCUT2D eigenvalue weighted by Gasteiger charge is 2.09. The molecule has 14 heavy (non-hydrogen) atoms. The Morgan fingerprint density at radius 1 is 1.57 bits per heavy atom. The van der Waals surface area contributed by atoms with E-state index in [1.165, 1.54) is 11.3 Å². The van der Waals surface area contributed by atoms with Gasteiger partial charge in [-0.2, -0.15) is 0 Å². The number of nitrogens with zero attached hydrogens (tertiary/aromatic N) is 1. The number of hydrogen-bond donors (Lipinski definition) is 2. The Balaban J connectivity index is 2.37. The largest absolute Gasteiger partial charge is 0.396 e. The van der Waals surface area contributed by atoms with Crippen LogP contribution in [-0.4, -0.2) is 30.9 Å². The number of thiazole rings is 1. The molecule has 5 nitrogen and oxygen atoms in total. The zero-order valence-electron chi connectivity index (χ0n) is 7.51. The maximum absolute atomic E-state index is 11.2. The molecule has 0 fully saturated rings. The van der Waals surface area contributed by atoms with Crippen LogP contribution in [0.4, 0.5) is 0 Å². The van der Waals surface area contributed by atoms with Crippen LogP contribution in [-0.2, 0) is 16.6 Å². The van der Waals surface area contributed by atoms with E-state index in [0.717, 1.165) is 5.01 Å². The van der Waals surface area contributed by atoms with Gasteiger partial charge in [0.25, 0.3) is 0 Å². The minimum absolute atomic E-state index is 0.0468. The first kappa shape index (κ1) is 11.6. The summed E-state index contributed by atoms with van der Waals surface area (Å²) in [5, 5.41) is 11.0. The van der Waals surface area contributed by atoms with Crippen molar-refractivity contribution in [2.45, 2.75) is 13.0 Å². The molecule has 1 aromatic heterocycles. The number of aromatic nitrogens is 1. The molecular formula is C7H12N2O3S2. The van der Waals surface area contributed by atoms with Gasteiger partial charge in [-0.25, -0.2) is 18.1 Å². The molecule has 80 valence electrons. The Hall–Kier alpha value is -0.500. The van der Waals surface area contributed by atoms with E-state index in [1.807, 2.05) is 0 Å². The molecule has 0 aliphatic rings. The Morgan fingerprint density at radius 3 is 2.93 bits per heavy atom. The number of nitrogens with one attached hydrogen (secondary N) is 1. The van der Waals surface area contributed by atoms with Crippen LogP contribution in [0.5, 0.6) is 0 Å². The molecule has 0 spiro atoms. The third-order valence-electron chi connectivity index (χ3n) is 1.50. The van der Waals surface area contributed by atoms with Crippen molar-refractivity contribution < 1.29 is 13.5 Å². The van der Waals surface area contributed by atoms with Crippen LogP contribution in [0.1, 0.15) is 11.4 Å². The third kappa shape index (κ3) is 4.14. The van der Waals surface area contributed by atoms with E-state index >= 15 is 0 Å². The SMILES string of the molecule is O=S(=O)(CCCO)NCc1nccs1. The van der Waals surface area contributed by atoms with Gasteiger partial charge in [0, 0.05) is 18.2 Å². The van der Waals surface area contributed by atoms with Crippen molar-refractivity contribution in [3.8, 4) is 0 Å². The fraction of sp³-hybridized carbons (Fsp3) is 0.571. The predicted octanol–water partition coefficient (Wildman–Crippen LogP) is -0.0551. The fourth-order valence-corrected chi connectivity index (χ4v) is 2.50. The van der Waals surface area contributed by atoms with Crippen LogP contribution in [0.2, 0.25) is 0 Å². The lowest BCUT2D eigenvalue weighted by atomic mass is 10.5. The van der Waals surface area contributed by atoms with Crippen LogP contribution < -0.4 is 4.72 Å². The molecule has 0 unspecified atom stereocenters. The average molecular weight is 236 g/mol. The topological polar surface area (TPSA) is 79.3 Å². The summed E-state index contributed by atoms with van der Waals surface area (Å²) in [7, 11) is -3.26. The van der Waals surface area contributed by atoms with E-state index in [9.17, 15) is 8.42 Å². The van der Waals surface area contributed by atoms with E-state index in [2.05, 4.69) is 9.71 Å². The standard InChI is InChI=1S/C7H12N2O3S2/c10-3-1-5-14(11,12)9-6-7-8-2-4-13-7/h2,4,9-10H,1,3,5-6H2. The summed E-state index contributed by atoms with van der Waals surface area (Å²) in [5.74, 6) is -0.0468. The van der Waals surface area contributed by atoms with Crippen LogP contribution in [0, 0.1) is 0 Å². The summed E-state index contributed by atoms with van der Waals surface area (Å²) in [5.41, 5.74) is 0. The molecule has 2 N–H and O–H groups in total. The van der Waals surface area contributed by atoms with E-state index in [-0.39, 0.29) is 25.3 Å². The van der Waals surface area contributed by atoms with Gasteiger partial charge in [-0.1, -0.05) is 0 Å². The van der Waals surface area contributed by atoms with Crippen molar-refractivity contribution in [3.63, 3.8) is 0 Å². The van der Waals surface area contributed by atoms with Crippen molar-refractivity contribution in [1.29, 1.82) is 0 Å². The van der Waals surface area contributed by atoms with Gasteiger partial charge >= 0.3 is 0 Å². The summed E-state index contributed by atoms with van der Waals surface area (Å²) in [6.07, 6.45) is 1.88. The van der Waals surface area contributed by atoms with E-state index < -0.39 is 10.0 Å². The second-order valence-electron chi connectivity index (χ2n) is 2.64. The van der Waals surface area contributed by atoms with E-state index in [4.69, 9.17) is 5.11 Å². The summed E-state index contributed by atoms with van der Waals surface area (Å²) < 4.78 is 24.9. The van der Waals surface area contributed by atoms with Crippen LogP contribution in [0.25, 0.3) is 0 Å². The molecule has 0 saturated heterocycles. The highest BCUT2D eigenvalue weighted by molar-refractivity contribution is 7.89. The van der Waals surface area contributed by atoms with Gasteiger partial charge in [-0.3, -0.25) is 0 Å². The lowest BCUT2D eigenvalue weighted by Gasteiger charge is -2.03. The number of aliphatic hydroxyl groups is 1. The second kappa shape index (κ2) is 5.40. The van der Waals surface area contributed by atoms with Gasteiger partial charge in [0.2, 0.25) is 10.0 Å². The van der Waals surface area contributed by atoms with Gasteiger partial charge in [0.05, 0.1) is 12.3 Å². The zero-order valence-corrected chi connectivity index (χ0v) is 9.14. The first-order valence-corrected chi connectivity index (χ1v) is 6.64. The molecule has 0 aliphatic heterocycles. The summed E-state index contributed by atoms with van der Waals surface area (Å²) in [6, 6.07) is 0. The number of rotatable bonds is 6. The number of sulfonamides is 1. The fourth-order valence-electron chi connectivity index (χ4n) is 0.839. The van der Waals surface area contributed by atoms with E-state index in [0.29, 0.717) is 0 Å². The normalized spacial score (nSPS) is 11.8. The first-order valence-electron chi connectivity index (χ1n) is 4.10. The summed E-state index contributed by atoms with van der Waals surface area (Å²) in [6.45, 7) is 0.115. The highest BCUT2D eigenvalue weighted by Crippen LogP contribution is 2.03. The van der Waals surface area contributed by atoms with Gasteiger partial charge in [-0.15, -0.1) is 11.3 Å². The number of hydrogen-bond acceptors (Lipinski definition) is 5. The smallest absolute Gasteiger partial charge is 0.212 e. The van der Waals surface area contributed by atoms with Crippen molar-refractivity contribution >= 4 is 21.4 Å². The van der Waals surface area contributed by atoms with Crippen LogP contribution >= 0.6 is 11.3 Å². The molecule has 0 amide bonds. The minimum atomic E-state index is -3.26. The third-order valence-corrected chi connectivity index (χ3v) is 3.69. The minimum Gasteiger partial charge on any atom is -0.396 e. The van der Waals surface area contributed by atoms with Gasteiger partial charge in [0.15, 0.2) is 0 Å². The number of aliphatic hydroxyl groups excluding tert-OH is 1. The van der Waals surface area contributed by atoms with Crippen molar-refractivity contribution in [2.24, 2.45) is 0 Å². The summed E-state index contributed by atoms with van der Waals surface area (Å²) >= 11 is 1.40. The average Bonchev–Trinajstić information content (AvgIpc) is 2.64. The van der Waals surface area contributed by atoms with Gasteiger partial charge in [0.1, 0.15) is 5.01 Å². The van der Waals surface area contributed by atoms with Crippen molar-refractivity contribution in [1.82, 2.24) is 9.71 Å². The molecule has 1 heterocycles. The molecule has 0 aliphatic carbocycles. The van der Waals surface area contributed by atoms with Crippen molar-refractivity contribution in [2.75, 3.05) is 12.4 Å². The molecule has 0 saturated carbocycles. The molecule has 1 rings (SSSR count). The monoisotopic (exact) mass is 236 g/mol. The molecular weight excluding hydrogens is 224 g/mol. The molecule has 0 bridgehead atoms. The molecule has 1 aromatic rings. The Bertz CT molecular complexity index is 347.